The summed E-state index contributed by atoms with van der Waals surface area (Å²) in [6, 6.07) is 6.77. The Morgan fingerprint density at radius 3 is 2.58 bits per heavy atom. The van der Waals surface area contributed by atoms with E-state index in [4.69, 9.17) is 16.2 Å². The SMILES string of the molecule is CC.Nc1[nH]ccc1-c1c(N)[nH]c(=O)n1-c1ccc2c(c1)NC(=O)CO2. The lowest BCUT2D eigenvalue weighted by Gasteiger charge is -2.19. The van der Waals surface area contributed by atoms with E-state index < -0.39 is 5.69 Å². The lowest BCUT2D eigenvalue weighted by molar-refractivity contribution is -0.118. The van der Waals surface area contributed by atoms with Crippen molar-refractivity contribution < 1.29 is 9.53 Å². The Morgan fingerprint density at radius 2 is 1.88 bits per heavy atom. The van der Waals surface area contributed by atoms with Gasteiger partial charge in [0.2, 0.25) is 0 Å². The number of aromatic amines is 2. The van der Waals surface area contributed by atoms with E-state index in [1.807, 2.05) is 13.8 Å². The number of nitrogens with zero attached hydrogens (tertiary/aromatic N) is 1. The van der Waals surface area contributed by atoms with Gasteiger partial charge in [-0.1, -0.05) is 13.8 Å². The Labute approximate surface area is 149 Å². The number of hydrogen-bond acceptors (Lipinski definition) is 5. The summed E-state index contributed by atoms with van der Waals surface area (Å²) >= 11 is 0. The second-order valence-electron chi connectivity index (χ2n) is 5.35. The van der Waals surface area contributed by atoms with Gasteiger partial charge in [0.1, 0.15) is 23.1 Å². The minimum Gasteiger partial charge on any atom is -0.482 e. The molecule has 0 aliphatic carbocycles. The zero-order valence-corrected chi connectivity index (χ0v) is 14.4. The first-order chi connectivity index (χ1) is 12.5. The number of carbonyl (C=O) groups excluding carboxylic acids is 1. The predicted molar refractivity (Wildman–Crippen MR) is 100 cm³/mol. The number of ether oxygens (including phenoxy) is 1. The number of fused-ring (bicyclic) bond motifs is 1. The van der Waals surface area contributed by atoms with Crippen molar-refractivity contribution in [1.82, 2.24) is 14.5 Å². The van der Waals surface area contributed by atoms with Crippen LogP contribution < -0.4 is 27.2 Å². The van der Waals surface area contributed by atoms with Crippen molar-refractivity contribution in [3.8, 4) is 22.7 Å². The van der Waals surface area contributed by atoms with Crippen molar-refractivity contribution >= 4 is 23.2 Å². The standard InChI is InChI=1S/C15H14N6O3.C2H6/c16-13-8(3-4-18-13)12-14(17)20-15(23)21(12)7-1-2-10-9(5-7)19-11(22)6-24-10;1-2/h1-5,18H,6,16-17H2,(H,19,22)(H,20,23);1-2H3. The molecule has 0 bridgehead atoms. The lowest BCUT2D eigenvalue weighted by Crippen LogP contribution is -2.25. The van der Waals surface area contributed by atoms with Gasteiger partial charge >= 0.3 is 5.69 Å². The smallest absolute Gasteiger partial charge is 0.332 e. The first kappa shape index (κ1) is 17.2. The van der Waals surface area contributed by atoms with Crippen molar-refractivity contribution in [2.75, 3.05) is 23.4 Å². The fourth-order valence-electron chi connectivity index (χ4n) is 2.76. The molecule has 0 spiro atoms. The second kappa shape index (κ2) is 6.71. The molecule has 2 aromatic heterocycles. The van der Waals surface area contributed by atoms with E-state index >= 15 is 0 Å². The van der Waals surface area contributed by atoms with Gasteiger partial charge in [0, 0.05) is 11.8 Å². The van der Waals surface area contributed by atoms with E-state index in [0.29, 0.717) is 34.2 Å². The van der Waals surface area contributed by atoms with E-state index in [0.717, 1.165) is 0 Å². The Morgan fingerprint density at radius 1 is 1.12 bits per heavy atom. The van der Waals surface area contributed by atoms with Crippen LogP contribution in [-0.2, 0) is 4.79 Å². The molecule has 1 aliphatic rings. The van der Waals surface area contributed by atoms with Gasteiger partial charge < -0.3 is 26.5 Å². The number of H-pyrrole nitrogens is 2. The normalized spacial score (nSPS) is 12.5. The number of imidazole rings is 1. The Balaban J connectivity index is 0.000000948. The summed E-state index contributed by atoms with van der Waals surface area (Å²) in [5, 5.41) is 2.71. The summed E-state index contributed by atoms with van der Waals surface area (Å²) in [4.78, 5) is 29.3. The molecular formula is C17H20N6O3. The lowest BCUT2D eigenvalue weighted by atomic mass is 10.2. The number of rotatable bonds is 2. The highest BCUT2D eigenvalue weighted by atomic mass is 16.5. The number of nitrogen functional groups attached to an aromatic ring is 2. The monoisotopic (exact) mass is 356 g/mol. The molecule has 4 rings (SSSR count). The van der Waals surface area contributed by atoms with E-state index in [1.54, 1.807) is 30.5 Å². The number of hydrogen-bond donors (Lipinski definition) is 5. The quantitative estimate of drug-likeness (QED) is 0.474. The first-order valence-electron chi connectivity index (χ1n) is 8.15. The summed E-state index contributed by atoms with van der Waals surface area (Å²) < 4.78 is 6.73. The summed E-state index contributed by atoms with van der Waals surface area (Å²) in [5.41, 5.74) is 13.5. The molecule has 9 nitrogen and oxygen atoms in total. The highest BCUT2D eigenvalue weighted by Crippen LogP contribution is 2.33. The Bertz CT molecular complexity index is 1010. The molecule has 1 aromatic carbocycles. The highest BCUT2D eigenvalue weighted by Gasteiger charge is 2.21. The molecular weight excluding hydrogens is 336 g/mol. The molecule has 0 atom stereocenters. The molecule has 0 saturated carbocycles. The zero-order chi connectivity index (χ0) is 18.8. The van der Waals surface area contributed by atoms with E-state index in [-0.39, 0.29) is 18.3 Å². The molecule has 0 radical (unpaired) electrons. The van der Waals surface area contributed by atoms with Crippen molar-refractivity contribution in [3.05, 3.63) is 40.9 Å². The zero-order valence-electron chi connectivity index (χ0n) is 14.4. The summed E-state index contributed by atoms with van der Waals surface area (Å²) in [7, 11) is 0. The third kappa shape index (κ3) is 2.79. The van der Waals surface area contributed by atoms with Crippen LogP contribution in [0.4, 0.5) is 17.3 Å². The van der Waals surface area contributed by atoms with Crippen LogP contribution in [0.2, 0.25) is 0 Å². The number of carbonyl (C=O) groups is 1. The molecule has 1 amide bonds. The van der Waals surface area contributed by atoms with Gasteiger partial charge in [-0.25, -0.2) is 4.79 Å². The fourth-order valence-corrected chi connectivity index (χ4v) is 2.76. The van der Waals surface area contributed by atoms with E-state index in [9.17, 15) is 9.59 Å². The van der Waals surface area contributed by atoms with Crippen LogP contribution in [0.15, 0.2) is 35.3 Å². The molecule has 1 aliphatic heterocycles. The predicted octanol–water partition coefficient (Wildman–Crippen LogP) is 1.68. The number of aromatic nitrogens is 3. The topological polar surface area (TPSA) is 144 Å². The third-order valence-corrected chi connectivity index (χ3v) is 3.81. The average Bonchev–Trinajstić information content (AvgIpc) is 3.17. The molecule has 0 fully saturated rings. The minimum absolute atomic E-state index is 0.0332. The second-order valence-corrected chi connectivity index (χ2v) is 5.35. The molecule has 3 aromatic rings. The van der Waals surface area contributed by atoms with Crippen LogP contribution in [0.25, 0.3) is 16.9 Å². The van der Waals surface area contributed by atoms with Crippen LogP contribution >= 0.6 is 0 Å². The van der Waals surface area contributed by atoms with Gasteiger partial charge in [0.25, 0.3) is 5.91 Å². The summed E-state index contributed by atoms with van der Waals surface area (Å²) in [6.07, 6.45) is 1.66. The maximum Gasteiger partial charge on any atom is 0.332 e. The molecule has 7 N–H and O–H groups in total. The summed E-state index contributed by atoms with van der Waals surface area (Å²) in [6.45, 7) is 3.97. The van der Waals surface area contributed by atoms with Crippen LogP contribution in [0.1, 0.15) is 13.8 Å². The van der Waals surface area contributed by atoms with Crippen LogP contribution in [0.5, 0.6) is 5.75 Å². The van der Waals surface area contributed by atoms with E-state index in [2.05, 4.69) is 15.3 Å². The average molecular weight is 356 g/mol. The largest absolute Gasteiger partial charge is 0.482 e. The van der Waals surface area contributed by atoms with Gasteiger partial charge in [0.05, 0.1) is 11.4 Å². The summed E-state index contributed by atoms with van der Waals surface area (Å²) in [5.74, 6) is 0.877. The van der Waals surface area contributed by atoms with E-state index in [1.165, 1.54) is 4.57 Å². The highest BCUT2D eigenvalue weighted by molar-refractivity contribution is 5.95. The molecule has 26 heavy (non-hydrogen) atoms. The Kier molecular flexibility index (Phi) is 4.44. The number of benzene rings is 1. The molecule has 9 heteroatoms. The van der Waals surface area contributed by atoms with Crippen molar-refractivity contribution in [1.29, 1.82) is 0 Å². The molecule has 136 valence electrons. The van der Waals surface area contributed by atoms with Gasteiger partial charge in [-0.3, -0.25) is 14.3 Å². The maximum absolute atomic E-state index is 12.4. The molecule has 3 heterocycles. The minimum atomic E-state index is -0.411. The van der Waals surface area contributed by atoms with Crippen molar-refractivity contribution in [2.45, 2.75) is 13.8 Å². The molecule has 0 saturated heterocycles. The number of amides is 1. The van der Waals surface area contributed by atoms with Crippen LogP contribution in [0.3, 0.4) is 0 Å². The maximum atomic E-state index is 12.4. The van der Waals surface area contributed by atoms with Gasteiger partial charge in [0.15, 0.2) is 6.61 Å². The Hall–Kier alpha value is -3.62. The van der Waals surface area contributed by atoms with Gasteiger partial charge in [-0.15, -0.1) is 0 Å². The van der Waals surface area contributed by atoms with Crippen LogP contribution in [-0.4, -0.2) is 27.0 Å². The third-order valence-electron chi connectivity index (χ3n) is 3.81. The van der Waals surface area contributed by atoms with Crippen molar-refractivity contribution in [3.63, 3.8) is 0 Å². The molecule has 0 unspecified atom stereocenters. The number of nitrogens with two attached hydrogens (primary N) is 2. The van der Waals surface area contributed by atoms with Gasteiger partial charge in [-0.2, -0.15) is 0 Å². The van der Waals surface area contributed by atoms with Crippen LogP contribution in [0, 0.1) is 0 Å². The van der Waals surface area contributed by atoms with Crippen molar-refractivity contribution in [2.24, 2.45) is 0 Å². The van der Waals surface area contributed by atoms with Gasteiger partial charge in [-0.05, 0) is 24.3 Å². The number of anilines is 3. The first-order valence-corrected chi connectivity index (χ1v) is 8.15. The number of nitrogens with one attached hydrogen (secondary N) is 3. The fraction of sp³-hybridized carbons (Fsp3) is 0.176.